The third-order valence-electron chi connectivity index (χ3n) is 4.00. The SMILES string of the molecule is Cc1cnc(NS(=O)(=O)c2ccc(C(=O)NCc3ccc(C(F)(F)F)cc3)cc2)s1. The van der Waals surface area contributed by atoms with Crippen molar-refractivity contribution >= 4 is 32.4 Å². The van der Waals surface area contributed by atoms with Gasteiger partial charge in [-0.05, 0) is 48.9 Å². The highest BCUT2D eigenvalue weighted by molar-refractivity contribution is 7.93. The van der Waals surface area contributed by atoms with Gasteiger partial charge in [-0.15, -0.1) is 11.3 Å². The molecular weight excluding hydrogens is 439 g/mol. The van der Waals surface area contributed by atoms with E-state index in [2.05, 4.69) is 15.0 Å². The van der Waals surface area contributed by atoms with Gasteiger partial charge in [-0.2, -0.15) is 13.2 Å². The van der Waals surface area contributed by atoms with Crippen molar-refractivity contribution in [3.63, 3.8) is 0 Å². The van der Waals surface area contributed by atoms with Crippen molar-refractivity contribution in [1.82, 2.24) is 10.3 Å². The van der Waals surface area contributed by atoms with Crippen LogP contribution >= 0.6 is 11.3 Å². The van der Waals surface area contributed by atoms with Crippen molar-refractivity contribution in [3.8, 4) is 0 Å². The highest BCUT2D eigenvalue weighted by Crippen LogP contribution is 2.29. The smallest absolute Gasteiger partial charge is 0.348 e. The van der Waals surface area contributed by atoms with Gasteiger partial charge in [-0.3, -0.25) is 9.52 Å². The van der Waals surface area contributed by atoms with Crippen LogP contribution in [0.5, 0.6) is 0 Å². The third kappa shape index (κ3) is 5.36. The first-order valence-corrected chi connectivity index (χ1v) is 10.8. The molecule has 0 aliphatic rings. The number of aryl methyl sites for hydroxylation is 1. The number of benzene rings is 2. The van der Waals surface area contributed by atoms with Crippen LogP contribution in [-0.2, 0) is 22.7 Å². The average Bonchev–Trinajstić information content (AvgIpc) is 3.09. The molecule has 0 fully saturated rings. The summed E-state index contributed by atoms with van der Waals surface area (Å²) in [6, 6.07) is 9.73. The molecular formula is C19H16F3N3O3S2. The second kappa shape index (κ2) is 8.44. The molecule has 0 radical (unpaired) electrons. The van der Waals surface area contributed by atoms with E-state index in [-0.39, 0.29) is 22.1 Å². The molecule has 1 aromatic heterocycles. The number of nitrogens with one attached hydrogen (secondary N) is 2. The zero-order valence-corrected chi connectivity index (χ0v) is 17.2. The van der Waals surface area contributed by atoms with Gasteiger partial charge in [-0.1, -0.05) is 12.1 Å². The molecule has 1 heterocycles. The summed E-state index contributed by atoms with van der Waals surface area (Å²) in [5, 5.41) is 2.82. The van der Waals surface area contributed by atoms with Gasteiger partial charge in [0.1, 0.15) is 0 Å². The molecule has 1 amide bonds. The molecule has 0 atom stereocenters. The van der Waals surface area contributed by atoms with Gasteiger partial charge in [0.25, 0.3) is 15.9 Å². The van der Waals surface area contributed by atoms with E-state index in [0.717, 1.165) is 17.0 Å². The topological polar surface area (TPSA) is 88.2 Å². The Morgan fingerprint density at radius 1 is 1.07 bits per heavy atom. The summed E-state index contributed by atoms with van der Waals surface area (Å²) in [6.45, 7) is 1.83. The number of carbonyl (C=O) groups is 1. The number of hydrogen-bond acceptors (Lipinski definition) is 5. The maximum atomic E-state index is 12.6. The number of anilines is 1. The maximum Gasteiger partial charge on any atom is 0.416 e. The molecule has 0 saturated carbocycles. The number of sulfonamides is 1. The first-order valence-electron chi connectivity index (χ1n) is 8.54. The number of aromatic nitrogens is 1. The summed E-state index contributed by atoms with van der Waals surface area (Å²) in [4.78, 5) is 17.0. The van der Waals surface area contributed by atoms with Crippen LogP contribution in [0, 0.1) is 6.92 Å². The molecule has 6 nitrogen and oxygen atoms in total. The van der Waals surface area contributed by atoms with E-state index in [1.54, 1.807) is 13.1 Å². The van der Waals surface area contributed by atoms with Gasteiger partial charge in [0.2, 0.25) is 0 Å². The van der Waals surface area contributed by atoms with E-state index in [4.69, 9.17) is 0 Å². The molecule has 11 heteroatoms. The summed E-state index contributed by atoms with van der Waals surface area (Å²) in [6.07, 6.45) is -2.87. The van der Waals surface area contributed by atoms with Crippen molar-refractivity contribution in [2.75, 3.05) is 4.72 Å². The predicted molar refractivity (Wildman–Crippen MR) is 107 cm³/mol. The van der Waals surface area contributed by atoms with Crippen LogP contribution in [0.25, 0.3) is 0 Å². The highest BCUT2D eigenvalue weighted by atomic mass is 32.2. The minimum Gasteiger partial charge on any atom is -0.348 e. The fraction of sp³-hybridized carbons (Fsp3) is 0.158. The molecule has 0 unspecified atom stereocenters. The Hall–Kier alpha value is -2.92. The molecule has 0 bridgehead atoms. The van der Waals surface area contributed by atoms with Crippen LogP contribution in [0.3, 0.4) is 0 Å². The molecule has 0 aliphatic carbocycles. The number of carbonyl (C=O) groups excluding carboxylic acids is 1. The van der Waals surface area contributed by atoms with E-state index in [1.807, 2.05) is 0 Å². The zero-order chi connectivity index (χ0) is 21.9. The predicted octanol–water partition coefficient (Wildman–Crippen LogP) is 4.20. The quantitative estimate of drug-likeness (QED) is 0.583. The summed E-state index contributed by atoms with van der Waals surface area (Å²) >= 11 is 1.20. The number of hydrogen-bond donors (Lipinski definition) is 2. The molecule has 0 spiro atoms. The van der Waals surface area contributed by atoms with Crippen LogP contribution in [0.2, 0.25) is 0 Å². The molecule has 0 aliphatic heterocycles. The maximum absolute atomic E-state index is 12.6. The van der Waals surface area contributed by atoms with Gasteiger partial charge in [0.05, 0.1) is 10.5 Å². The van der Waals surface area contributed by atoms with Crippen molar-refractivity contribution < 1.29 is 26.4 Å². The Bertz CT molecular complexity index is 1140. The summed E-state index contributed by atoms with van der Waals surface area (Å²) in [5.41, 5.74) is -0.0552. The third-order valence-corrected chi connectivity index (χ3v) is 6.32. The van der Waals surface area contributed by atoms with Crippen LogP contribution in [0.1, 0.15) is 26.4 Å². The number of thiazole rings is 1. The summed E-state index contributed by atoms with van der Waals surface area (Å²) in [5.74, 6) is -0.484. The minimum atomic E-state index is -4.42. The summed E-state index contributed by atoms with van der Waals surface area (Å²) < 4.78 is 64.8. The van der Waals surface area contributed by atoms with Gasteiger partial charge < -0.3 is 5.32 Å². The number of rotatable bonds is 6. The number of nitrogens with zero attached hydrogens (tertiary/aromatic N) is 1. The van der Waals surface area contributed by atoms with Crippen molar-refractivity contribution in [1.29, 1.82) is 0 Å². The fourth-order valence-corrected chi connectivity index (χ4v) is 4.36. The molecule has 3 rings (SSSR count). The van der Waals surface area contributed by atoms with Crippen molar-refractivity contribution in [3.05, 3.63) is 76.3 Å². The Balaban J connectivity index is 1.62. The Kier molecular flexibility index (Phi) is 6.13. The van der Waals surface area contributed by atoms with Gasteiger partial charge in [0, 0.05) is 23.2 Å². The number of halogens is 3. The van der Waals surface area contributed by atoms with E-state index in [1.165, 1.54) is 47.7 Å². The zero-order valence-electron chi connectivity index (χ0n) is 15.5. The van der Waals surface area contributed by atoms with E-state index < -0.39 is 27.7 Å². The molecule has 30 heavy (non-hydrogen) atoms. The van der Waals surface area contributed by atoms with Crippen LogP contribution < -0.4 is 10.0 Å². The number of alkyl halides is 3. The first-order chi connectivity index (χ1) is 14.0. The molecule has 3 aromatic rings. The highest BCUT2D eigenvalue weighted by Gasteiger charge is 2.29. The second-order valence-electron chi connectivity index (χ2n) is 6.28. The van der Waals surface area contributed by atoms with Gasteiger partial charge in [0.15, 0.2) is 5.13 Å². The van der Waals surface area contributed by atoms with E-state index >= 15 is 0 Å². The van der Waals surface area contributed by atoms with E-state index in [9.17, 15) is 26.4 Å². The standard InChI is InChI=1S/C19H16F3N3O3S2/c1-12-10-24-18(29-12)25-30(27,28)16-8-4-14(5-9-16)17(26)23-11-13-2-6-15(7-3-13)19(20,21)22/h2-10H,11H2,1H3,(H,23,26)(H,24,25). The largest absolute Gasteiger partial charge is 0.416 e. The molecule has 0 saturated heterocycles. The normalized spacial score (nSPS) is 11.9. The number of amides is 1. The lowest BCUT2D eigenvalue weighted by Crippen LogP contribution is -2.23. The van der Waals surface area contributed by atoms with Crippen LogP contribution in [-0.4, -0.2) is 19.3 Å². The van der Waals surface area contributed by atoms with Gasteiger partial charge >= 0.3 is 6.18 Å². The van der Waals surface area contributed by atoms with Crippen LogP contribution in [0.4, 0.5) is 18.3 Å². The monoisotopic (exact) mass is 455 g/mol. The Morgan fingerprint density at radius 2 is 1.70 bits per heavy atom. The van der Waals surface area contributed by atoms with Crippen LogP contribution in [0.15, 0.2) is 59.6 Å². The first kappa shape index (κ1) is 21.8. The lowest BCUT2D eigenvalue weighted by Gasteiger charge is -2.09. The molecule has 158 valence electrons. The fourth-order valence-electron chi connectivity index (χ4n) is 2.46. The van der Waals surface area contributed by atoms with Crippen molar-refractivity contribution in [2.24, 2.45) is 0 Å². The Morgan fingerprint density at radius 3 is 2.23 bits per heavy atom. The van der Waals surface area contributed by atoms with Gasteiger partial charge in [-0.25, -0.2) is 13.4 Å². The molecule has 2 N–H and O–H groups in total. The van der Waals surface area contributed by atoms with E-state index in [0.29, 0.717) is 5.56 Å². The summed E-state index contributed by atoms with van der Waals surface area (Å²) in [7, 11) is -3.84. The average molecular weight is 455 g/mol. The molecule has 2 aromatic carbocycles. The second-order valence-corrected chi connectivity index (χ2v) is 9.20. The lowest BCUT2D eigenvalue weighted by atomic mass is 10.1. The minimum absolute atomic E-state index is 0.0297. The van der Waals surface area contributed by atoms with Crippen molar-refractivity contribution in [2.45, 2.75) is 24.5 Å². The Labute approximate surface area is 174 Å². The lowest BCUT2D eigenvalue weighted by molar-refractivity contribution is -0.137.